The third-order valence-electron chi connectivity index (χ3n) is 4.15. The van der Waals surface area contributed by atoms with Crippen molar-refractivity contribution in [3.63, 3.8) is 0 Å². The Kier molecular flexibility index (Phi) is 7.26. The molecule has 7 heteroatoms. The number of carbonyl (C=O) groups excluding carboxylic acids is 2. The predicted molar refractivity (Wildman–Crippen MR) is 111 cm³/mol. The number of anilines is 3. The van der Waals surface area contributed by atoms with Crippen molar-refractivity contribution in [3.8, 4) is 11.5 Å². The second-order valence-corrected chi connectivity index (χ2v) is 6.64. The number of nitrogens with one attached hydrogen (secondary N) is 3. The number of amides is 2. The largest absolute Gasteiger partial charge is 0.497 e. The van der Waals surface area contributed by atoms with Crippen LogP contribution in [-0.2, 0) is 9.59 Å². The summed E-state index contributed by atoms with van der Waals surface area (Å²) in [6, 6.07) is 10.7. The number of aryl methyl sites for hydroxylation is 1. The average molecular weight is 385 g/mol. The van der Waals surface area contributed by atoms with Crippen LogP contribution in [0, 0.1) is 12.8 Å². The quantitative estimate of drug-likeness (QED) is 0.645. The van der Waals surface area contributed by atoms with Crippen LogP contribution >= 0.6 is 0 Å². The van der Waals surface area contributed by atoms with Crippen LogP contribution in [0.5, 0.6) is 11.5 Å². The van der Waals surface area contributed by atoms with Crippen molar-refractivity contribution in [1.29, 1.82) is 0 Å². The summed E-state index contributed by atoms with van der Waals surface area (Å²) in [4.78, 5) is 24.2. The fraction of sp³-hybridized carbons (Fsp3) is 0.333. The third kappa shape index (κ3) is 5.64. The molecule has 2 amide bonds. The lowest BCUT2D eigenvalue weighted by Gasteiger charge is -2.14. The summed E-state index contributed by atoms with van der Waals surface area (Å²) < 4.78 is 10.5. The molecule has 0 spiro atoms. The molecule has 0 saturated carbocycles. The molecule has 0 bridgehead atoms. The van der Waals surface area contributed by atoms with E-state index in [-0.39, 0.29) is 24.3 Å². The number of ether oxygens (including phenoxy) is 2. The monoisotopic (exact) mass is 385 g/mol. The highest BCUT2D eigenvalue weighted by Crippen LogP contribution is 2.29. The van der Waals surface area contributed by atoms with E-state index in [2.05, 4.69) is 16.0 Å². The Morgan fingerprint density at radius 3 is 2.36 bits per heavy atom. The van der Waals surface area contributed by atoms with Crippen LogP contribution in [0.2, 0.25) is 0 Å². The van der Waals surface area contributed by atoms with Gasteiger partial charge in [0.2, 0.25) is 11.8 Å². The lowest BCUT2D eigenvalue weighted by Crippen LogP contribution is -2.22. The minimum absolute atomic E-state index is 0.0577. The summed E-state index contributed by atoms with van der Waals surface area (Å²) >= 11 is 0. The molecule has 0 aliphatic rings. The van der Waals surface area contributed by atoms with Gasteiger partial charge in [0.05, 0.1) is 26.5 Å². The maximum atomic E-state index is 12.4. The third-order valence-corrected chi connectivity index (χ3v) is 4.15. The van der Waals surface area contributed by atoms with E-state index in [1.54, 1.807) is 25.3 Å². The summed E-state index contributed by atoms with van der Waals surface area (Å²) in [5.41, 5.74) is 2.95. The zero-order valence-electron chi connectivity index (χ0n) is 16.9. The number of methoxy groups -OCH3 is 2. The van der Waals surface area contributed by atoms with E-state index in [4.69, 9.17) is 9.47 Å². The first-order valence-electron chi connectivity index (χ1n) is 9.01. The van der Waals surface area contributed by atoms with Gasteiger partial charge in [0.1, 0.15) is 11.5 Å². The van der Waals surface area contributed by atoms with Gasteiger partial charge in [-0.15, -0.1) is 0 Å². The summed E-state index contributed by atoms with van der Waals surface area (Å²) in [7, 11) is 3.10. The number of carbonyl (C=O) groups is 2. The number of hydrogen-bond donors (Lipinski definition) is 3. The molecular formula is C21H27N3O4. The van der Waals surface area contributed by atoms with Crippen LogP contribution in [0.1, 0.15) is 19.4 Å². The van der Waals surface area contributed by atoms with Crippen LogP contribution in [0.3, 0.4) is 0 Å². The van der Waals surface area contributed by atoms with Crippen LogP contribution in [0.4, 0.5) is 17.1 Å². The van der Waals surface area contributed by atoms with Crippen molar-refractivity contribution in [2.24, 2.45) is 5.92 Å². The first kappa shape index (κ1) is 21.1. The van der Waals surface area contributed by atoms with Gasteiger partial charge in [-0.3, -0.25) is 9.59 Å². The zero-order chi connectivity index (χ0) is 20.7. The summed E-state index contributed by atoms with van der Waals surface area (Å²) in [6.07, 6.45) is 0. The fourth-order valence-corrected chi connectivity index (χ4v) is 2.46. The Bertz CT molecular complexity index is 850. The molecule has 0 aromatic heterocycles. The minimum atomic E-state index is -0.234. The Morgan fingerprint density at radius 1 is 0.964 bits per heavy atom. The van der Waals surface area contributed by atoms with Gasteiger partial charge in [0, 0.05) is 23.4 Å². The second-order valence-electron chi connectivity index (χ2n) is 6.64. The van der Waals surface area contributed by atoms with Crippen molar-refractivity contribution >= 4 is 28.9 Å². The second kappa shape index (κ2) is 9.64. The lowest BCUT2D eigenvalue weighted by atomic mass is 10.1. The van der Waals surface area contributed by atoms with Gasteiger partial charge in [-0.2, -0.15) is 0 Å². The highest BCUT2D eigenvalue weighted by atomic mass is 16.5. The normalized spacial score (nSPS) is 10.4. The van der Waals surface area contributed by atoms with E-state index in [1.165, 1.54) is 7.11 Å². The molecule has 150 valence electrons. The molecular weight excluding hydrogens is 358 g/mol. The SMILES string of the molecule is COc1ccc(OC)c(NC(=O)CNc2cc(NC(=O)C(C)C)ccc2C)c1. The van der Waals surface area contributed by atoms with E-state index in [1.807, 2.05) is 39.0 Å². The molecule has 0 heterocycles. The molecule has 0 atom stereocenters. The minimum Gasteiger partial charge on any atom is -0.497 e. The molecule has 0 unspecified atom stereocenters. The van der Waals surface area contributed by atoms with Gasteiger partial charge in [-0.1, -0.05) is 19.9 Å². The van der Waals surface area contributed by atoms with Gasteiger partial charge in [-0.05, 0) is 36.8 Å². The van der Waals surface area contributed by atoms with E-state index in [0.717, 1.165) is 11.3 Å². The predicted octanol–water partition coefficient (Wildman–Crippen LogP) is 3.66. The molecule has 0 aliphatic heterocycles. The van der Waals surface area contributed by atoms with Crippen molar-refractivity contribution in [2.45, 2.75) is 20.8 Å². The van der Waals surface area contributed by atoms with Gasteiger partial charge in [0.25, 0.3) is 0 Å². The molecule has 28 heavy (non-hydrogen) atoms. The molecule has 0 radical (unpaired) electrons. The zero-order valence-corrected chi connectivity index (χ0v) is 16.9. The van der Waals surface area contributed by atoms with Gasteiger partial charge in [0.15, 0.2) is 0 Å². The molecule has 3 N–H and O–H groups in total. The molecule has 7 nitrogen and oxygen atoms in total. The van der Waals surface area contributed by atoms with E-state index < -0.39 is 0 Å². The lowest BCUT2D eigenvalue weighted by molar-refractivity contribution is -0.119. The van der Waals surface area contributed by atoms with Crippen LogP contribution in [0.25, 0.3) is 0 Å². The molecule has 2 aromatic rings. The molecule has 0 fully saturated rings. The highest BCUT2D eigenvalue weighted by molar-refractivity contribution is 5.96. The van der Waals surface area contributed by atoms with Crippen LogP contribution in [-0.4, -0.2) is 32.6 Å². The van der Waals surface area contributed by atoms with Crippen molar-refractivity contribution in [2.75, 3.05) is 36.7 Å². The highest BCUT2D eigenvalue weighted by Gasteiger charge is 2.11. The number of benzene rings is 2. The maximum absolute atomic E-state index is 12.4. The molecule has 0 saturated heterocycles. The molecule has 2 aromatic carbocycles. The molecule has 2 rings (SSSR count). The van der Waals surface area contributed by atoms with Gasteiger partial charge < -0.3 is 25.4 Å². The van der Waals surface area contributed by atoms with E-state index >= 15 is 0 Å². The van der Waals surface area contributed by atoms with Crippen LogP contribution in [0.15, 0.2) is 36.4 Å². The average Bonchev–Trinajstić information content (AvgIpc) is 2.68. The number of hydrogen-bond acceptors (Lipinski definition) is 5. The fourth-order valence-electron chi connectivity index (χ4n) is 2.46. The van der Waals surface area contributed by atoms with Gasteiger partial charge >= 0.3 is 0 Å². The van der Waals surface area contributed by atoms with E-state index in [0.29, 0.717) is 22.9 Å². The summed E-state index contributed by atoms with van der Waals surface area (Å²) in [5.74, 6) is 0.763. The maximum Gasteiger partial charge on any atom is 0.243 e. The van der Waals surface area contributed by atoms with Crippen molar-refractivity contribution in [1.82, 2.24) is 0 Å². The Morgan fingerprint density at radius 2 is 1.71 bits per heavy atom. The van der Waals surface area contributed by atoms with E-state index in [9.17, 15) is 9.59 Å². The standard InChI is InChI=1S/C21H27N3O4/c1-13(2)21(26)23-15-7-6-14(3)17(10-15)22-12-20(25)24-18-11-16(27-4)8-9-19(18)28-5/h6-11,13,22H,12H2,1-5H3,(H,23,26)(H,24,25). The van der Waals surface area contributed by atoms with Gasteiger partial charge in [-0.25, -0.2) is 0 Å². The Hall–Kier alpha value is -3.22. The van der Waals surface area contributed by atoms with Crippen LogP contribution < -0.4 is 25.4 Å². The first-order valence-corrected chi connectivity index (χ1v) is 9.01. The molecule has 0 aliphatic carbocycles. The Labute approximate surface area is 165 Å². The summed E-state index contributed by atoms with van der Waals surface area (Å²) in [6.45, 7) is 5.65. The topological polar surface area (TPSA) is 88.7 Å². The summed E-state index contributed by atoms with van der Waals surface area (Å²) in [5, 5.41) is 8.77. The van der Waals surface area contributed by atoms with Crippen molar-refractivity contribution < 1.29 is 19.1 Å². The number of rotatable bonds is 8. The first-order chi connectivity index (χ1) is 13.3. The van der Waals surface area contributed by atoms with Crippen molar-refractivity contribution in [3.05, 3.63) is 42.0 Å². The smallest absolute Gasteiger partial charge is 0.243 e. The Balaban J connectivity index is 2.04.